The number of hydrogen-bond donors (Lipinski definition) is 2. The number of hydrogen-bond acceptors (Lipinski definition) is 2. The highest BCUT2D eigenvalue weighted by molar-refractivity contribution is 6.30. The molecule has 2 N–H and O–H groups in total. The smallest absolute Gasteiger partial charge is 0.228 e. The van der Waals surface area contributed by atoms with Gasteiger partial charge in [0.05, 0.1) is 11.8 Å². The Morgan fingerprint density at radius 3 is 2.42 bits per heavy atom. The summed E-state index contributed by atoms with van der Waals surface area (Å²) in [6, 6.07) is 13.5. The van der Waals surface area contributed by atoms with E-state index in [1.54, 1.807) is 0 Å². The molecule has 0 heterocycles. The maximum Gasteiger partial charge on any atom is 0.228 e. The highest BCUT2D eigenvalue weighted by Crippen LogP contribution is 2.39. The summed E-state index contributed by atoms with van der Waals surface area (Å²) in [6.07, 6.45) is 1.33. The number of rotatable bonds is 6. The van der Waals surface area contributed by atoms with Crippen molar-refractivity contribution >= 4 is 29.1 Å². The van der Waals surface area contributed by atoms with Crippen LogP contribution in [0.25, 0.3) is 0 Å². The Balaban J connectivity index is 1.45. The molecule has 0 bridgehead atoms. The van der Waals surface area contributed by atoms with Crippen molar-refractivity contribution in [2.24, 2.45) is 11.8 Å². The van der Waals surface area contributed by atoms with Gasteiger partial charge in [-0.2, -0.15) is 0 Å². The first-order chi connectivity index (χ1) is 12.4. The molecule has 2 aromatic carbocycles. The fraction of sp³-hybridized carbons (Fsp3) is 0.333. The van der Waals surface area contributed by atoms with Crippen LogP contribution in [-0.2, 0) is 16.0 Å². The summed E-state index contributed by atoms with van der Waals surface area (Å²) in [4.78, 5) is 24.6. The van der Waals surface area contributed by atoms with E-state index in [0.29, 0.717) is 18.0 Å². The highest BCUT2D eigenvalue weighted by atomic mass is 35.5. The largest absolute Gasteiger partial charge is 0.356 e. The molecule has 1 aliphatic carbocycles. The lowest BCUT2D eigenvalue weighted by Gasteiger charge is -2.08. The van der Waals surface area contributed by atoms with E-state index in [2.05, 4.69) is 16.7 Å². The van der Waals surface area contributed by atoms with Crippen molar-refractivity contribution in [3.8, 4) is 0 Å². The van der Waals surface area contributed by atoms with Crippen LogP contribution in [0.15, 0.2) is 42.5 Å². The second-order valence-electron chi connectivity index (χ2n) is 6.99. The van der Waals surface area contributed by atoms with Gasteiger partial charge in [-0.25, -0.2) is 0 Å². The van der Waals surface area contributed by atoms with Crippen LogP contribution < -0.4 is 10.6 Å². The normalized spacial score (nSPS) is 18.3. The topological polar surface area (TPSA) is 58.2 Å². The molecule has 1 fully saturated rings. The van der Waals surface area contributed by atoms with Crippen molar-refractivity contribution in [1.82, 2.24) is 5.32 Å². The Labute approximate surface area is 158 Å². The number of carbonyl (C=O) groups is 2. The summed E-state index contributed by atoms with van der Waals surface area (Å²) in [5.41, 5.74) is 4.08. The quantitative estimate of drug-likeness (QED) is 0.810. The molecule has 1 aliphatic rings. The zero-order chi connectivity index (χ0) is 18.7. The Morgan fingerprint density at radius 2 is 1.73 bits per heavy atom. The molecular weight excluding hydrogens is 348 g/mol. The lowest BCUT2D eigenvalue weighted by molar-refractivity contribution is -0.125. The predicted octanol–water partition coefficient (Wildman–Crippen LogP) is 3.89. The number of halogens is 1. The maximum absolute atomic E-state index is 12.3. The number of benzene rings is 2. The van der Waals surface area contributed by atoms with E-state index >= 15 is 0 Å². The van der Waals surface area contributed by atoms with Crippen LogP contribution in [0.5, 0.6) is 0 Å². The minimum Gasteiger partial charge on any atom is -0.356 e. The number of carbonyl (C=O) groups excluding carboxylic acids is 2. The van der Waals surface area contributed by atoms with Gasteiger partial charge in [-0.3, -0.25) is 9.59 Å². The number of nitrogens with one attached hydrogen (secondary N) is 2. The van der Waals surface area contributed by atoms with E-state index in [9.17, 15) is 9.59 Å². The Kier molecular flexibility index (Phi) is 5.62. The lowest BCUT2D eigenvalue weighted by Crippen LogP contribution is -2.29. The summed E-state index contributed by atoms with van der Waals surface area (Å²) in [7, 11) is 0. The lowest BCUT2D eigenvalue weighted by atomic mass is 10.1. The Morgan fingerprint density at radius 1 is 1.04 bits per heavy atom. The minimum atomic E-state index is -0.234. The van der Waals surface area contributed by atoms with E-state index in [4.69, 9.17) is 11.6 Å². The first kappa shape index (κ1) is 18.5. The van der Waals surface area contributed by atoms with Crippen molar-refractivity contribution in [2.75, 3.05) is 11.9 Å². The van der Waals surface area contributed by atoms with E-state index < -0.39 is 0 Å². The van der Waals surface area contributed by atoms with Gasteiger partial charge in [0.25, 0.3) is 0 Å². The van der Waals surface area contributed by atoms with E-state index in [-0.39, 0.29) is 23.7 Å². The van der Waals surface area contributed by atoms with Crippen molar-refractivity contribution in [3.05, 3.63) is 64.2 Å². The number of aryl methyl sites for hydroxylation is 2. The molecule has 0 aliphatic heterocycles. The average molecular weight is 371 g/mol. The van der Waals surface area contributed by atoms with Gasteiger partial charge < -0.3 is 10.6 Å². The van der Waals surface area contributed by atoms with E-state index in [1.807, 2.05) is 50.2 Å². The van der Waals surface area contributed by atoms with Gasteiger partial charge in [0, 0.05) is 17.3 Å². The molecular formula is C21H23ClN2O2. The summed E-state index contributed by atoms with van der Waals surface area (Å²) >= 11 is 5.95. The van der Waals surface area contributed by atoms with Gasteiger partial charge in [0.15, 0.2) is 0 Å². The van der Waals surface area contributed by atoms with Crippen LogP contribution in [0, 0.1) is 25.7 Å². The Hall–Kier alpha value is -2.33. The fourth-order valence-corrected chi connectivity index (χ4v) is 3.42. The van der Waals surface area contributed by atoms with E-state index in [1.165, 1.54) is 0 Å². The molecule has 3 rings (SSSR count). The monoisotopic (exact) mass is 370 g/mol. The zero-order valence-electron chi connectivity index (χ0n) is 15.0. The average Bonchev–Trinajstić information content (AvgIpc) is 3.34. The van der Waals surface area contributed by atoms with Crippen LogP contribution in [-0.4, -0.2) is 18.4 Å². The maximum atomic E-state index is 12.3. The molecule has 0 radical (unpaired) electrons. The molecule has 1 saturated carbocycles. The second kappa shape index (κ2) is 7.92. The van der Waals surface area contributed by atoms with Crippen LogP contribution in [0.1, 0.15) is 23.1 Å². The molecule has 26 heavy (non-hydrogen) atoms. The number of amides is 2. The van der Waals surface area contributed by atoms with Crippen molar-refractivity contribution in [3.63, 3.8) is 0 Å². The SMILES string of the molecule is Cc1cc(C)cc(NC(=O)C2CC2C(=O)NCCc2cccc(Cl)c2)c1. The standard InChI is InChI=1S/C21H23ClN2O2/c1-13-8-14(2)10-17(9-13)24-21(26)19-12-18(19)20(25)23-7-6-15-4-3-5-16(22)11-15/h3-5,8-11,18-19H,6-7,12H2,1-2H3,(H,23,25)(H,24,26). The fourth-order valence-electron chi connectivity index (χ4n) is 3.21. The summed E-state index contributed by atoms with van der Waals surface area (Å²) < 4.78 is 0. The molecule has 0 aromatic heterocycles. The van der Waals surface area contributed by atoms with E-state index in [0.717, 1.165) is 28.8 Å². The van der Waals surface area contributed by atoms with Crippen LogP contribution in [0.2, 0.25) is 5.02 Å². The highest BCUT2D eigenvalue weighted by Gasteiger charge is 2.47. The molecule has 2 unspecified atom stereocenters. The molecule has 0 spiro atoms. The predicted molar refractivity (Wildman–Crippen MR) is 104 cm³/mol. The van der Waals surface area contributed by atoms with Crippen molar-refractivity contribution in [2.45, 2.75) is 26.7 Å². The summed E-state index contributed by atoms with van der Waals surface area (Å²) in [5.74, 6) is -0.583. The third kappa shape index (κ3) is 4.85. The first-order valence-electron chi connectivity index (χ1n) is 8.83. The molecule has 5 heteroatoms. The van der Waals surface area contributed by atoms with Gasteiger partial charge in [0.1, 0.15) is 0 Å². The van der Waals surface area contributed by atoms with Gasteiger partial charge in [0.2, 0.25) is 11.8 Å². The molecule has 2 aromatic rings. The molecule has 0 saturated heterocycles. The zero-order valence-corrected chi connectivity index (χ0v) is 15.8. The summed E-state index contributed by atoms with van der Waals surface area (Å²) in [6.45, 7) is 4.53. The van der Waals surface area contributed by atoms with Gasteiger partial charge in [-0.15, -0.1) is 0 Å². The molecule has 136 valence electrons. The third-order valence-electron chi connectivity index (χ3n) is 4.56. The van der Waals surface area contributed by atoms with Crippen molar-refractivity contribution < 1.29 is 9.59 Å². The van der Waals surface area contributed by atoms with Crippen LogP contribution in [0.4, 0.5) is 5.69 Å². The molecule has 2 amide bonds. The summed E-state index contributed by atoms with van der Waals surface area (Å²) in [5, 5.41) is 6.54. The van der Waals surface area contributed by atoms with Crippen LogP contribution in [0.3, 0.4) is 0 Å². The van der Waals surface area contributed by atoms with Crippen LogP contribution >= 0.6 is 11.6 Å². The van der Waals surface area contributed by atoms with Crippen molar-refractivity contribution in [1.29, 1.82) is 0 Å². The molecule has 2 atom stereocenters. The third-order valence-corrected chi connectivity index (χ3v) is 4.79. The van der Waals surface area contributed by atoms with Gasteiger partial charge in [-0.1, -0.05) is 29.8 Å². The second-order valence-corrected chi connectivity index (χ2v) is 7.42. The Bertz CT molecular complexity index is 814. The van der Waals surface area contributed by atoms with Gasteiger partial charge >= 0.3 is 0 Å². The first-order valence-corrected chi connectivity index (χ1v) is 9.21. The molecule has 4 nitrogen and oxygen atoms in total. The number of anilines is 1. The van der Waals surface area contributed by atoms with Gasteiger partial charge in [-0.05, 0) is 67.6 Å². The minimum absolute atomic E-state index is 0.0485.